The number of nitrogens with zero attached hydrogens (tertiary/aromatic N) is 5. The summed E-state index contributed by atoms with van der Waals surface area (Å²) in [6, 6.07) is 64.8. The Hall–Kier alpha value is -7.63. The third-order valence-electron chi connectivity index (χ3n) is 10.7. The second kappa shape index (κ2) is 13.6. The molecule has 5 nitrogen and oxygen atoms in total. The fourth-order valence-electron chi connectivity index (χ4n) is 7.81. The van der Waals surface area contributed by atoms with E-state index in [9.17, 15) is 0 Å². The highest BCUT2D eigenvalue weighted by Crippen LogP contribution is 2.49. The number of benzene rings is 8. The first-order chi connectivity index (χ1) is 28.2. The van der Waals surface area contributed by atoms with E-state index in [-0.39, 0.29) is 0 Å². The molecule has 5 heteroatoms. The molecule has 0 aliphatic heterocycles. The van der Waals surface area contributed by atoms with Crippen molar-refractivity contribution in [2.24, 2.45) is 0 Å². The van der Waals surface area contributed by atoms with Gasteiger partial charge in [-0.25, -0.2) is 24.9 Å². The number of hydrogen-bond donors (Lipinski definition) is 0. The molecule has 11 rings (SSSR count). The molecule has 1 aliphatic carbocycles. The molecule has 1 radical (unpaired) electrons. The molecule has 1 aliphatic rings. The maximum absolute atomic E-state index is 5.40. The van der Waals surface area contributed by atoms with Gasteiger partial charge < -0.3 is 0 Å². The molecule has 2 heterocycles. The van der Waals surface area contributed by atoms with Crippen molar-refractivity contribution in [1.29, 1.82) is 0 Å². The zero-order chi connectivity index (χ0) is 37.7. The van der Waals surface area contributed by atoms with Crippen molar-refractivity contribution in [3.05, 3.63) is 206 Å². The van der Waals surface area contributed by atoms with Crippen molar-refractivity contribution in [3.63, 3.8) is 0 Å². The number of rotatable bonds is 7. The Morgan fingerprint density at radius 2 is 0.684 bits per heavy atom. The zero-order valence-electron chi connectivity index (χ0n) is 30.7. The predicted molar refractivity (Wildman–Crippen MR) is 231 cm³/mol. The Morgan fingerprint density at radius 1 is 0.263 bits per heavy atom. The van der Waals surface area contributed by atoms with Crippen molar-refractivity contribution < 1.29 is 0 Å². The molecule has 0 atom stereocenters. The lowest BCUT2D eigenvalue weighted by Gasteiger charge is -2.14. The average molecular weight is 727 g/mol. The van der Waals surface area contributed by atoms with Crippen LogP contribution in [0.3, 0.4) is 0 Å². The molecule has 0 N–H and O–H groups in total. The van der Waals surface area contributed by atoms with Gasteiger partial charge >= 0.3 is 0 Å². The fraction of sp³-hybridized carbons (Fsp3) is 0. The molecule has 0 amide bonds. The molecule has 0 saturated carbocycles. The smallest absolute Gasteiger partial charge is 0.164 e. The lowest BCUT2D eigenvalue weighted by atomic mass is 9.96. The third-order valence-corrected chi connectivity index (χ3v) is 10.7. The molecule has 57 heavy (non-hydrogen) atoms. The van der Waals surface area contributed by atoms with Gasteiger partial charge in [-0.05, 0) is 38.8 Å². The topological polar surface area (TPSA) is 64.5 Å². The van der Waals surface area contributed by atoms with Crippen molar-refractivity contribution in [2.75, 3.05) is 0 Å². The third kappa shape index (κ3) is 5.94. The minimum Gasteiger partial charge on any atom is -0.227 e. The van der Waals surface area contributed by atoms with Gasteiger partial charge in [0.1, 0.15) is 0 Å². The van der Waals surface area contributed by atoms with E-state index in [0.717, 1.165) is 71.9 Å². The Labute approximate surface area is 330 Å². The highest BCUT2D eigenvalue weighted by Gasteiger charge is 2.31. The van der Waals surface area contributed by atoms with Gasteiger partial charge in [-0.15, -0.1) is 0 Å². The molecule has 0 fully saturated rings. The minimum absolute atomic E-state index is 0.590. The maximum atomic E-state index is 5.40. The van der Waals surface area contributed by atoms with Crippen LogP contribution in [-0.2, 0) is 0 Å². The van der Waals surface area contributed by atoms with E-state index >= 15 is 0 Å². The standard InChI is InChI=1S/C52H32N5/c1-5-14-33(15-6-1)35-24-28-37(29-25-35)47-46-44-32-43(44)41-22-13-23-42(45(41)48(46)54-49(53-47)38-18-9-3-10-19-38)52-56-50(39-20-11-4-12-21-39)55-51(57-52)40-30-26-36(27-31-40)34-16-7-2-8-17-34/h1-32H. The second-order valence-electron chi connectivity index (χ2n) is 14.2. The molecule has 0 unspecified atom stereocenters. The van der Waals surface area contributed by atoms with Crippen LogP contribution in [0.2, 0.25) is 0 Å². The molecule has 8 aromatic carbocycles. The van der Waals surface area contributed by atoms with Gasteiger partial charge in [0.2, 0.25) is 0 Å². The quantitative estimate of drug-likeness (QED) is 0.153. The monoisotopic (exact) mass is 726 g/mol. The Kier molecular flexibility index (Phi) is 7.81. The van der Waals surface area contributed by atoms with Gasteiger partial charge in [0.15, 0.2) is 23.3 Å². The summed E-state index contributed by atoms with van der Waals surface area (Å²) in [4.78, 5) is 26.2. The van der Waals surface area contributed by atoms with E-state index in [1.54, 1.807) is 0 Å². The van der Waals surface area contributed by atoms with Gasteiger partial charge in [0.05, 0.1) is 11.2 Å². The van der Waals surface area contributed by atoms with Gasteiger partial charge in [-0.3, -0.25) is 0 Å². The Bertz CT molecular complexity index is 3090. The summed E-state index contributed by atoms with van der Waals surface area (Å²) in [5.74, 6) is 2.48. The van der Waals surface area contributed by atoms with Crippen LogP contribution in [0.1, 0.15) is 11.1 Å². The Morgan fingerprint density at radius 3 is 1.23 bits per heavy atom. The van der Waals surface area contributed by atoms with Crippen LogP contribution in [0.15, 0.2) is 188 Å². The molecule has 0 saturated heterocycles. The van der Waals surface area contributed by atoms with Crippen LogP contribution in [0, 0.1) is 6.42 Å². The second-order valence-corrected chi connectivity index (χ2v) is 14.2. The lowest BCUT2D eigenvalue weighted by Crippen LogP contribution is -2.01. The van der Waals surface area contributed by atoms with Gasteiger partial charge in [-0.2, -0.15) is 0 Å². The molecule has 0 spiro atoms. The zero-order valence-corrected chi connectivity index (χ0v) is 30.7. The van der Waals surface area contributed by atoms with Crippen molar-refractivity contribution in [2.45, 2.75) is 0 Å². The van der Waals surface area contributed by atoms with E-state index < -0.39 is 0 Å². The van der Waals surface area contributed by atoms with Crippen LogP contribution >= 0.6 is 0 Å². The summed E-state index contributed by atoms with van der Waals surface area (Å²) in [6.45, 7) is 0. The lowest BCUT2D eigenvalue weighted by molar-refractivity contribution is 1.08. The summed E-state index contributed by atoms with van der Waals surface area (Å²) in [5, 5.41) is 3.15. The fourth-order valence-corrected chi connectivity index (χ4v) is 7.81. The van der Waals surface area contributed by atoms with E-state index in [2.05, 4.69) is 134 Å². The SMILES string of the molecule is [CH]1c2c1c1c(-c3ccc(-c4ccccc4)cc3)nc(-c3ccccc3)nc1c1c(-c3nc(-c4ccccc4)nc(-c4ccc(-c5ccccc5)cc4)n3)cccc21. The first-order valence-electron chi connectivity index (χ1n) is 19.1. The minimum atomic E-state index is 0.590. The van der Waals surface area contributed by atoms with Crippen LogP contribution < -0.4 is 0 Å². The summed E-state index contributed by atoms with van der Waals surface area (Å²) in [6.07, 6.45) is 2.25. The van der Waals surface area contributed by atoms with Crippen molar-refractivity contribution in [3.8, 4) is 79.1 Å². The number of fused-ring (bicyclic) bond motifs is 6. The van der Waals surface area contributed by atoms with Gasteiger partial charge in [-0.1, -0.05) is 188 Å². The van der Waals surface area contributed by atoms with E-state index in [0.29, 0.717) is 23.3 Å². The Balaban J connectivity index is 1.14. The van der Waals surface area contributed by atoms with Gasteiger partial charge in [0, 0.05) is 45.0 Å². The van der Waals surface area contributed by atoms with Crippen molar-refractivity contribution >= 4 is 21.7 Å². The van der Waals surface area contributed by atoms with E-state index in [1.807, 2.05) is 60.7 Å². The summed E-state index contributed by atoms with van der Waals surface area (Å²) >= 11 is 0. The first-order valence-corrected chi connectivity index (χ1v) is 19.1. The summed E-state index contributed by atoms with van der Waals surface area (Å²) in [7, 11) is 0. The summed E-state index contributed by atoms with van der Waals surface area (Å²) < 4.78 is 0. The van der Waals surface area contributed by atoms with Gasteiger partial charge in [0.25, 0.3) is 0 Å². The average Bonchev–Trinajstić information content (AvgIpc) is 4.11. The number of aromatic nitrogens is 5. The highest BCUT2D eigenvalue weighted by atomic mass is 15.0. The largest absolute Gasteiger partial charge is 0.227 e. The maximum Gasteiger partial charge on any atom is 0.164 e. The first kappa shape index (κ1) is 32.8. The van der Waals surface area contributed by atoms with E-state index in [4.69, 9.17) is 24.9 Å². The van der Waals surface area contributed by atoms with E-state index in [1.165, 1.54) is 16.7 Å². The van der Waals surface area contributed by atoms with Crippen LogP contribution in [0.5, 0.6) is 0 Å². The predicted octanol–water partition coefficient (Wildman–Crippen LogP) is 12.6. The molecule has 0 bridgehead atoms. The molecule has 10 aromatic rings. The van der Waals surface area contributed by atoms with Crippen LogP contribution in [0.4, 0.5) is 0 Å². The molecule has 2 aromatic heterocycles. The molecule has 265 valence electrons. The highest BCUT2D eigenvalue weighted by molar-refractivity contribution is 6.21. The number of hydrogen-bond acceptors (Lipinski definition) is 5. The summed E-state index contributed by atoms with van der Waals surface area (Å²) in [5.41, 5.74) is 13.5. The van der Waals surface area contributed by atoms with Crippen LogP contribution in [0.25, 0.3) is 101 Å². The van der Waals surface area contributed by atoms with Crippen molar-refractivity contribution in [1.82, 2.24) is 24.9 Å². The molecular weight excluding hydrogens is 695 g/mol. The normalized spacial score (nSPS) is 11.8. The van der Waals surface area contributed by atoms with Crippen LogP contribution in [-0.4, -0.2) is 24.9 Å². The molecular formula is C52H32N5.